The van der Waals surface area contributed by atoms with Gasteiger partial charge < -0.3 is 18.9 Å². The second kappa shape index (κ2) is 7.16. The van der Waals surface area contributed by atoms with Crippen molar-refractivity contribution in [2.24, 2.45) is 0 Å². The van der Waals surface area contributed by atoms with Crippen LogP contribution < -0.4 is 24.3 Å². The molecular formula is C19H16N2O5S. The Balaban J connectivity index is 1.55. The van der Waals surface area contributed by atoms with Crippen LogP contribution in [0.1, 0.15) is 10.4 Å². The predicted molar refractivity (Wildman–Crippen MR) is 101 cm³/mol. The molecule has 8 heteroatoms. The Bertz CT molecular complexity index is 1000. The smallest absolute Gasteiger partial charge is 0.261 e. The lowest BCUT2D eigenvalue weighted by Crippen LogP contribution is -2.13. The second-order valence-corrected chi connectivity index (χ2v) is 6.46. The zero-order valence-corrected chi connectivity index (χ0v) is 15.5. The lowest BCUT2D eigenvalue weighted by atomic mass is 10.1. The molecule has 0 saturated carbocycles. The first kappa shape index (κ1) is 17.2. The summed E-state index contributed by atoms with van der Waals surface area (Å²) in [5.41, 5.74) is 2.00. The van der Waals surface area contributed by atoms with Gasteiger partial charge in [0.1, 0.15) is 0 Å². The van der Waals surface area contributed by atoms with Gasteiger partial charge in [0.15, 0.2) is 28.1 Å². The highest BCUT2D eigenvalue weighted by molar-refractivity contribution is 7.14. The number of hydrogen-bond donors (Lipinski definition) is 1. The number of nitrogens with zero attached hydrogens (tertiary/aromatic N) is 1. The maximum absolute atomic E-state index is 12.6. The third-order valence-electron chi connectivity index (χ3n) is 4.04. The van der Waals surface area contributed by atoms with E-state index in [4.69, 9.17) is 18.9 Å². The summed E-state index contributed by atoms with van der Waals surface area (Å²) in [6.07, 6.45) is 0. The maximum Gasteiger partial charge on any atom is 0.261 e. The molecule has 2 aromatic carbocycles. The number of methoxy groups -OCH3 is 2. The Morgan fingerprint density at radius 3 is 2.81 bits per heavy atom. The molecule has 27 heavy (non-hydrogen) atoms. The minimum atomic E-state index is -0.322. The van der Waals surface area contributed by atoms with Crippen molar-refractivity contribution in [2.45, 2.75) is 0 Å². The number of para-hydroxylation sites is 1. The first-order valence-corrected chi connectivity index (χ1v) is 8.95. The Labute approximate surface area is 159 Å². The average Bonchev–Trinajstić information content (AvgIpc) is 3.35. The highest BCUT2D eigenvalue weighted by Gasteiger charge is 2.19. The van der Waals surface area contributed by atoms with Crippen molar-refractivity contribution in [1.82, 2.24) is 4.98 Å². The summed E-state index contributed by atoms with van der Waals surface area (Å²) in [5.74, 6) is 1.95. The average molecular weight is 384 g/mol. The maximum atomic E-state index is 12.6. The van der Waals surface area contributed by atoms with Gasteiger partial charge in [0.2, 0.25) is 6.79 Å². The fourth-order valence-electron chi connectivity index (χ4n) is 2.75. The molecule has 0 aliphatic carbocycles. The molecule has 0 bridgehead atoms. The third-order valence-corrected chi connectivity index (χ3v) is 4.80. The molecule has 7 nitrogen and oxygen atoms in total. The number of ether oxygens (including phenoxy) is 4. The number of anilines is 1. The number of fused-ring (bicyclic) bond motifs is 1. The molecule has 0 fully saturated rings. The number of amides is 1. The fraction of sp³-hybridized carbons (Fsp3) is 0.158. The van der Waals surface area contributed by atoms with Crippen LogP contribution in [-0.4, -0.2) is 31.9 Å². The first-order chi connectivity index (χ1) is 13.2. The van der Waals surface area contributed by atoms with E-state index in [1.165, 1.54) is 25.6 Å². The zero-order valence-electron chi connectivity index (χ0n) is 14.6. The van der Waals surface area contributed by atoms with Gasteiger partial charge in [-0.3, -0.25) is 10.1 Å². The Kier molecular flexibility index (Phi) is 4.55. The fourth-order valence-corrected chi connectivity index (χ4v) is 3.46. The predicted octanol–water partition coefficient (Wildman–Crippen LogP) is 3.81. The molecule has 0 atom stereocenters. The van der Waals surface area contributed by atoms with Crippen LogP contribution in [-0.2, 0) is 0 Å². The lowest BCUT2D eigenvalue weighted by Gasteiger charge is -2.11. The second-order valence-electron chi connectivity index (χ2n) is 5.60. The molecular weight excluding hydrogens is 368 g/mol. The minimum absolute atomic E-state index is 0.222. The number of nitrogens with one attached hydrogen (secondary N) is 1. The molecule has 4 rings (SSSR count). The van der Waals surface area contributed by atoms with Gasteiger partial charge in [-0.05, 0) is 30.3 Å². The molecule has 3 aromatic rings. The van der Waals surface area contributed by atoms with E-state index < -0.39 is 0 Å². The third kappa shape index (κ3) is 3.26. The van der Waals surface area contributed by atoms with Crippen LogP contribution in [0.5, 0.6) is 23.0 Å². The van der Waals surface area contributed by atoms with Gasteiger partial charge in [-0.1, -0.05) is 6.07 Å². The van der Waals surface area contributed by atoms with E-state index in [-0.39, 0.29) is 12.7 Å². The number of carbonyl (C=O) groups excluding carboxylic acids is 1. The monoisotopic (exact) mass is 384 g/mol. The van der Waals surface area contributed by atoms with Gasteiger partial charge in [-0.15, -0.1) is 11.3 Å². The molecule has 0 radical (unpaired) electrons. The molecule has 1 aliphatic rings. The van der Waals surface area contributed by atoms with Gasteiger partial charge in [-0.25, -0.2) is 4.98 Å². The van der Waals surface area contributed by atoms with Crippen molar-refractivity contribution >= 4 is 22.4 Å². The molecule has 0 unspecified atom stereocenters. The van der Waals surface area contributed by atoms with Crippen molar-refractivity contribution in [3.05, 3.63) is 47.3 Å². The van der Waals surface area contributed by atoms with Crippen LogP contribution in [0.4, 0.5) is 5.13 Å². The normalized spacial score (nSPS) is 11.9. The molecule has 0 spiro atoms. The first-order valence-electron chi connectivity index (χ1n) is 8.07. The number of hydrogen-bond acceptors (Lipinski definition) is 7. The van der Waals surface area contributed by atoms with Gasteiger partial charge in [0.05, 0.1) is 25.5 Å². The summed E-state index contributed by atoms with van der Waals surface area (Å²) >= 11 is 1.34. The van der Waals surface area contributed by atoms with Crippen LogP contribution in [0, 0.1) is 0 Å². The van der Waals surface area contributed by atoms with E-state index >= 15 is 0 Å². The van der Waals surface area contributed by atoms with Crippen LogP contribution >= 0.6 is 11.3 Å². The summed E-state index contributed by atoms with van der Waals surface area (Å²) < 4.78 is 21.3. The molecule has 1 aromatic heterocycles. The Hall–Kier alpha value is -3.26. The van der Waals surface area contributed by atoms with Crippen LogP contribution in [0.2, 0.25) is 0 Å². The lowest BCUT2D eigenvalue weighted by molar-refractivity contribution is 0.102. The zero-order chi connectivity index (χ0) is 18.8. The largest absolute Gasteiger partial charge is 0.493 e. The highest BCUT2D eigenvalue weighted by atomic mass is 32.1. The highest BCUT2D eigenvalue weighted by Crippen LogP contribution is 2.37. The van der Waals surface area contributed by atoms with E-state index in [1.807, 2.05) is 23.6 Å². The van der Waals surface area contributed by atoms with Crippen LogP contribution in [0.3, 0.4) is 0 Å². The Morgan fingerprint density at radius 2 is 2.00 bits per heavy atom. The van der Waals surface area contributed by atoms with E-state index in [9.17, 15) is 4.79 Å². The number of rotatable bonds is 5. The van der Waals surface area contributed by atoms with E-state index in [2.05, 4.69) is 10.3 Å². The number of aromatic nitrogens is 1. The molecule has 2 heterocycles. The molecule has 1 amide bonds. The summed E-state index contributed by atoms with van der Waals surface area (Å²) in [7, 11) is 3.02. The standard InChI is InChI=1S/C19H16N2O5S/c1-23-15-5-3-4-12(17(15)24-2)18(22)21-19-20-13(9-27-19)11-6-7-14-16(8-11)26-10-25-14/h3-9H,10H2,1-2H3,(H,20,21,22). The SMILES string of the molecule is COc1cccc(C(=O)Nc2nc(-c3ccc4c(c3)OCO4)cs2)c1OC. The van der Waals surface area contributed by atoms with E-state index in [0.29, 0.717) is 33.7 Å². The summed E-state index contributed by atoms with van der Waals surface area (Å²) in [6.45, 7) is 0.222. The summed E-state index contributed by atoms with van der Waals surface area (Å²) in [4.78, 5) is 17.1. The molecule has 138 valence electrons. The van der Waals surface area contributed by atoms with E-state index in [0.717, 1.165) is 11.3 Å². The van der Waals surface area contributed by atoms with Gasteiger partial charge in [-0.2, -0.15) is 0 Å². The van der Waals surface area contributed by atoms with E-state index in [1.54, 1.807) is 18.2 Å². The Morgan fingerprint density at radius 1 is 1.15 bits per heavy atom. The van der Waals surface area contributed by atoms with Gasteiger partial charge in [0, 0.05) is 10.9 Å². The van der Waals surface area contributed by atoms with Crippen molar-refractivity contribution in [2.75, 3.05) is 26.3 Å². The molecule has 1 N–H and O–H groups in total. The van der Waals surface area contributed by atoms with Crippen LogP contribution in [0.25, 0.3) is 11.3 Å². The van der Waals surface area contributed by atoms with Gasteiger partial charge >= 0.3 is 0 Å². The quantitative estimate of drug-likeness (QED) is 0.721. The van der Waals surface area contributed by atoms with Crippen molar-refractivity contribution in [3.63, 3.8) is 0 Å². The van der Waals surface area contributed by atoms with Gasteiger partial charge in [0.25, 0.3) is 5.91 Å². The molecule has 1 aliphatic heterocycles. The minimum Gasteiger partial charge on any atom is -0.493 e. The number of thiazole rings is 1. The van der Waals surface area contributed by atoms with Crippen molar-refractivity contribution < 1.29 is 23.7 Å². The topological polar surface area (TPSA) is 78.9 Å². The van der Waals surface area contributed by atoms with Crippen LogP contribution in [0.15, 0.2) is 41.8 Å². The summed E-state index contributed by atoms with van der Waals surface area (Å²) in [6, 6.07) is 10.7. The number of carbonyl (C=O) groups is 1. The molecule has 0 saturated heterocycles. The van der Waals surface area contributed by atoms with Crippen molar-refractivity contribution in [1.29, 1.82) is 0 Å². The van der Waals surface area contributed by atoms with Crippen molar-refractivity contribution in [3.8, 4) is 34.3 Å². The summed E-state index contributed by atoms with van der Waals surface area (Å²) in [5, 5.41) is 5.16. The number of benzene rings is 2.